The van der Waals surface area contributed by atoms with Crippen LogP contribution in [0.15, 0.2) is 12.3 Å². The van der Waals surface area contributed by atoms with Crippen molar-refractivity contribution < 1.29 is 4.92 Å². The lowest BCUT2D eigenvalue weighted by atomic mass is 10.3. The molecule has 0 aliphatic rings. The van der Waals surface area contributed by atoms with Crippen molar-refractivity contribution in [2.45, 2.75) is 0 Å². The molecule has 68 valence electrons. The zero-order valence-corrected chi connectivity index (χ0v) is 7.66. The third kappa shape index (κ3) is 2.96. The number of hydrogen-bond acceptors (Lipinski definition) is 4. The van der Waals surface area contributed by atoms with Gasteiger partial charge in [-0.2, -0.15) is 0 Å². The fourth-order valence-corrected chi connectivity index (χ4v) is 0.935. The second-order valence-electron chi connectivity index (χ2n) is 2.01. The van der Waals surface area contributed by atoms with Crippen LogP contribution in [0.1, 0.15) is 5.56 Å². The summed E-state index contributed by atoms with van der Waals surface area (Å²) in [5, 5.41) is 17.1. The van der Waals surface area contributed by atoms with Crippen LogP contribution < -0.4 is 0 Å². The lowest BCUT2D eigenvalue weighted by Gasteiger charge is -1.94. The Bertz CT molecular complexity index is 367. The largest absolute Gasteiger partial charge is 0.259 e. The van der Waals surface area contributed by atoms with E-state index in [1.54, 1.807) is 0 Å². The predicted molar refractivity (Wildman–Crippen MR) is 48.1 cm³/mol. The standard InChI is InChI=1S/C6H3Cl2N3O2/c7-5-3-4(1-2-11(12)13)6(8)10-9-5/h1-3H/b2-1+. The van der Waals surface area contributed by atoms with Gasteiger partial charge in [-0.1, -0.05) is 23.2 Å². The van der Waals surface area contributed by atoms with Crippen molar-refractivity contribution in [2.75, 3.05) is 0 Å². The molecular formula is C6H3Cl2N3O2. The monoisotopic (exact) mass is 219 g/mol. The molecule has 1 aromatic heterocycles. The zero-order chi connectivity index (χ0) is 9.84. The first-order chi connectivity index (χ1) is 6.09. The van der Waals surface area contributed by atoms with Crippen LogP contribution in [0.3, 0.4) is 0 Å². The number of rotatable bonds is 2. The van der Waals surface area contributed by atoms with Crippen molar-refractivity contribution in [1.29, 1.82) is 0 Å². The minimum absolute atomic E-state index is 0.0718. The van der Waals surface area contributed by atoms with Crippen LogP contribution in [-0.2, 0) is 0 Å². The third-order valence-corrected chi connectivity index (χ3v) is 1.60. The molecule has 0 bridgehead atoms. The Morgan fingerprint density at radius 3 is 2.77 bits per heavy atom. The fraction of sp³-hybridized carbons (Fsp3) is 0. The highest BCUT2D eigenvalue weighted by Gasteiger charge is 2.01. The molecule has 0 radical (unpaired) electrons. The van der Waals surface area contributed by atoms with Crippen LogP contribution in [0.25, 0.3) is 6.08 Å². The lowest BCUT2D eigenvalue weighted by molar-refractivity contribution is -0.400. The Balaban J connectivity index is 3.00. The van der Waals surface area contributed by atoms with E-state index in [1.165, 1.54) is 12.1 Å². The van der Waals surface area contributed by atoms with E-state index in [2.05, 4.69) is 10.2 Å². The number of nitro groups is 1. The maximum atomic E-state index is 9.98. The van der Waals surface area contributed by atoms with Gasteiger partial charge in [0.25, 0.3) is 0 Å². The first-order valence-corrected chi connectivity index (χ1v) is 3.85. The van der Waals surface area contributed by atoms with Crippen molar-refractivity contribution >= 4 is 29.3 Å². The van der Waals surface area contributed by atoms with Gasteiger partial charge in [0.05, 0.1) is 4.92 Å². The summed E-state index contributed by atoms with van der Waals surface area (Å²) in [6.07, 6.45) is 1.95. The first-order valence-electron chi connectivity index (χ1n) is 3.10. The zero-order valence-electron chi connectivity index (χ0n) is 6.15. The molecule has 0 aliphatic heterocycles. The SMILES string of the molecule is O=[N+]([O-])/C=C/c1cc(Cl)nnc1Cl. The van der Waals surface area contributed by atoms with E-state index in [4.69, 9.17) is 23.2 Å². The molecule has 0 saturated heterocycles. The van der Waals surface area contributed by atoms with Crippen LogP contribution in [0, 0.1) is 10.1 Å². The minimum Gasteiger partial charge on any atom is -0.259 e. The molecule has 1 rings (SSSR count). The van der Waals surface area contributed by atoms with Crippen LogP contribution in [0.2, 0.25) is 10.3 Å². The number of nitrogens with zero attached hydrogens (tertiary/aromatic N) is 3. The summed E-state index contributed by atoms with van der Waals surface area (Å²) in [6.45, 7) is 0. The third-order valence-electron chi connectivity index (χ3n) is 1.12. The highest BCUT2D eigenvalue weighted by atomic mass is 35.5. The van der Waals surface area contributed by atoms with E-state index in [1.807, 2.05) is 0 Å². The Hall–Kier alpha value is -1.20. The molecule has 1 heterocycles. The van der Waals surface area contributed by atoms with E-state index in [0.29, 0.717) is 5.56 Å². The summed E-state index contributed by atoms with van der Waals surface area (Å²) < 4.78 is 0. The average Bonchev–Trinajstić information content (AvgIpc) is 2.06. The van der Waals surface area contributed by atoms with E-state index in [9.17, 15) is 10.1 Å². The fourth-order valence-electron chi connectivity index (χ4n) is 0.624. The van der Waals surface area contributed by atoms with Gasteiger partial charge in [-0.05, 0) is 6.07 Å². The summed E-state index contributed by atoms with van der Waals surface area (Å²) >= 11 is 11.1. The molecule has 1 aromatic rings. The molecule has 0 aromatic carbocycles. The quantitative estimate of drug-likeness (QED) is 0.564. The normalized spacial score (nSPS) is 10.6. The van der Waals surface area contributed by atoms with Crippen molar-refractivity contribution in [1.82, 2.24) is 10.2 Å². The molecule has 0 atom stereocenters. The second-order valence-corrected chi connectivity index (χ2v) is 2.76. The Kier molecular flexibility index (Phi) is 3.16. The molecule has 0 unspecified atom stereocenters. The molecule has 0 spiro atoms. The highest BCUT2D eigenvalue weighted by Crippen LogP contribution is 2.16. The van der Waals surface area contributed by atoms with Gasteiger partial charge >= 0.3 is 0 Å². The molecule has 0 N–H and O–H groups in total. The van der Waals surface area contributed by atoms with Gasteiger partial charge in [-0.3, -0.25) is 10.1 Å². The molecule has 0 saturated carbocycles. The topological polar surface area (TPSA) is 68.9 Å². The minimum atomic E-state index is -0.606. The van der Waals surface area contributed by atoms with Gasteiger partial charge in [0.1, 0.15) is 0 Å². The highest BCUT2D eigenvalue weighted by molar-refractivity contribution is 6.32. The van der Waals surface area contributed by atoms with Crippen molar-refractivity contribution in [3.63, 3.8) is 0 Å². The molecule has 0 aliphatic carbocycles. The Morgan fingerprint density at radius 1 is 1.46 bits per heavy atom. The molecular weight excluding hydrogens is 217 g/mol. The summed E-state index contributed by atoms with van der Waals surface area (Å²) in [5.74, 6) is 0. The van der Waals surface area contributed by atoms with E-state index in [0.717, 1.165) is 6.20 Å². The van der Waals surface area contributed by atoms with E-state index in [-0.39, 0.29) is 10.3 Å². The Morgan fingerprint density at radius 2 is 2.15 bits per heavy atom. The van der Waals surface area contributed by atoms with Crippen molar-refractivity contribution in [3.05, 3.63) is 38.3 Å². The molecule has 0 fully saturated rings. The maximum absolute atomic E-state index is 9.98. The number of halogens is 2. The average molecular weight is 220 g/mol. The van der Waals surface area contributed by atoms with Gasteiger partial charge in [-0.15, -0.1) is 10.2 Å². The summed E-state index contributed by atoms with van der Waals surface area (Å²) in [5.41, 5.74) is 0.360. The number of aromatic nitrogens is 2. The van der Waals surface area contributed by atoms with Crippen LogP contribution in [0.4, 0.5) is 0 Å². The van der Waals surface area contributed by atoms with Crippen LogP contribution in [0.5, 0.6) is 0 Å². The maximum Gasteiger partial charge on any atom is 0.235 e. The van der Waals surface area contributed by atoms with E-state index >= 15 is 0 Å². The van der Waals surface area contributed by atoms with Gasteiger partial charge in [-0.25, -0.2) is 0 Å². The smallest absolute Gasteiger partial charge is 0.235 e. The summed E-state index contributed by atoms with van der Waals surface area (Å²) in [6, 6.07) is 1.39. The Labute approximate surface area is 83.1 Å². The van der Waals surface area contributed by atoms with Crippen molar-refractivity contribution in [2.24, 2.45) is 0 Å². The molecule has 7 heteroatoms. The second kappa shape index (κ2) is 4.15. The predicted octanol–water partition coefficient (Wildman–Crippen LogP) is 2.03. The number of hydrogen-bond donors (Lipinski definition) is 0. The van der Waals surface area contributed by atoms with Crippen LogP contribution >= 0.6 is 23.2 Å². The first kappa shape index (κ1) is 9.88. The summed E-state index contributed by atoms with van der Waals surface area (Å²) in [4.78, 5) is 9.37. The molecule has 13 heavy (non-hydrogen) atoms. The van der Waals surface area contributed by atoms with Gasteiger partial charge in [0.15, 0.2) is 10.3 Å². The lowest BCUT2D eigenvalue weighted by Crippen LogP contribution is -1.88. The summed E-state index contributed by atoms with van der Waals surface area (Å²) in [7, 11) is 0. The van der Waals surface area contributed by atoms with Crippen LogP contribution in [-0.4, -0.2) is 15.1 Å². The van der Waals surface area contributed by atoms with Crippen molar-refractivity contribution in [3.8, 4) is 0 Å². The van der Waals surface area contributed by atoms with E-state index < -0.39 is 4.92 Å². The van der Waals surface area contributed by atoms with Gasteiger partial charge < -0.3 is 0 Å². The molecule has 0 amide bonds. The molecule has 5 nitrogen and oxygen atoms in total. The van der Waals surface area contributed by atoms with Gasteiger partial charge in [0, 0.05) is 11.6 Å². The van der Waals surface area contributed by atoms with Gasteiger partial charge in [0.2, 0.25) is 6.20 Å².